The maximum absolute atomic E-state index is 13.8. The zero-order chi connectivity index (χ0) is 26.8. The Morgan fingerprint density at radius 3 is 2.59 bits per heavy atom. The second-order valence-electron chi connectivity index (χ2n) is 9.58. The number of carbonyl (C=O) groups excluding carboxylic acids is 1. The average Bonchev–Trinajstić information content (AvgIpc) is 3.41. The fraction of sp³-hybridized carbons (Fsp3) is 0.133. The summed E-state index contributed by atoms with van der Waals surface area (Å²) in [7, 11) is -3.76. The third-order valence-corrected chi connectivity index (χ3v) is 8.38. The molecule has 0 saturated heterocycles. The molecule has 1 aromatic heterocycles. The number of ketones is 1. The number of rotatable bonds is 7. The minimum absolute atomic E-state index is 0.0718. The first-order chi connectivity index (χ1) is 19.0. The number of nitrogens with one attached hydrogen (secondary N) is 3. The van der Waals surface area contributed by atoms with Crippen molar-refractivity contribution >= 4 is 38.0 Å². The molecule has 0 bridgehead atoms. The van der Waals surface area contributed by atoms with Crippen LogP contribution in [0.15, 0.2) is 108 Å². The van der Waals surface area contributed by atoms with Crippen molar-refractivity contribution in [1.29, 1.82) is 0 Å². The number of sulfonamides is 1. The van der Waals surface area contributed by atoms with Crippen molar-refractivity contribution in [2.24, 2.45) is 5.92 Å². The smallest absolute Gasteiger partial charge is 0.261 e. The number of hydrogen-bond donors (Lipinski definition) is 3. The highest BCUT2D eigenvalue weighted by Crippen LogP contribution is 2.32. The highest BCUT2D eigenvalue weighted by Gasteiger charge is 2.28. The molecule has 2 heterocycles. The molecule has 0 spiro atoms. The number of H-pyrrole nitrogens is 1. The normalized spacial score (nSPS) is 15.5. The van der Waals surface area contributed by atoms with Crippen molar-refractivity contribution in [2.45, 2.75) is 17.9 Å². The molecule has 1 aliphatic heterocycles. The quantitative estimate of drug-likeness (QED) is 0.254. The van der Waals surface area contributed by atoms with E-state index >= 15 is 0 Å². The predicted octanol–water partition coefficient (Wildman–Crippen LogP) is 4.93. The van der Waals surface area contributed by atoms with Crippen molar-refractivity contribution in [3.05, 3.63) is 120 Å². The fourth-order valence-electron chi connectivity index (χ4n) is 5.04. The molecular formula is C30H27N5O3S. The van der Waals surface area contributed by atoms with Gasteiger partial charge in [0.1, 0.15) is 0 Å². The van der Waals surface area contributed by atoms with Crippen LogP contribution in [0.2, 0.25) is 0 Å². The predicted molar refractivity (Wildman–Crippen MR) is 152 cm³/mol. The zero-order valence-electron chi connectivity index (χ0n) is 21.0. The lowest BCUT2D eigenvalue weighted by atomic mass is 9.89. The number of Topliss-reactive ketones (excluding diaryl/α,β-unsaturated/α-hetero) is 1. The van der Waals surface area contributed by atoms with Crippen LogP contribution in [0.4, 0.5) is 11.4 Å². The molecule has 4 aromatic carbocycles. The molecular weight excluding hydrogens is 510 g/mol. The summed E-state index contributed by atoms with van der Waals surface area (Å²) in [5, 5.41) is 3.91. The van der Waals surface area contributed by atoms with Gasteiger partial charge >= 0.3 is 0 Å². The molecule has 196 valence electrons. The molecule has 39 heavy (non-hydrogen) atoms. The minimum atomic E-state index is -3.76. The highest BCUT2D eigenvalue weighted by molar-refractivity contribution is 7.92. The second kappa shape index (κ2) is 10.4. The second-order valence-corrected chi connectivity index (χ2v) is 11.3. The van der Waals surface area contributed by atoms with Gasteiger partial charge in [-0.15, -0.1) is 0 Å². The van der Waals surface area contributed by atoms with Crippen LogP contribution in [-0.4, -0.2) is 30.7 Å². The van der Waals surface area contributed by atoms with Crippen molar-refractivity contribution in [1.82, 2.24) is 15.4 Å². The molecule has 6 rings (SSSR count). The molecule has 0 fully saturated rings. The Morgan fingerprint density at radius 1 is 0.974 bits per heavy atom. The average molecular weight is 538 g/mol. The van der Waals surface area contributed by atoms with E-state index in [0.717, 1.165) is 27.7 Å². The molecule has 9 heteroatoms. The first kappa shape index (κ1) is 24.8. The van der Waals surface area contributed by atoms with E-state index in [4.69, 9.17) is 0 Å². The topological polar surface area (TPSA) is 107 Å². The van der Waals surface area contributed by atoms with Gasteiger partial charge in [-0.25, -0.2) is 18.8 Å². The molecule has 1 atom stereocenters. The number of nitrogens with zero attached hydrogens (tertiary/aromatic N) is 2. The van der Waals surface area contributed by atoms with Gasteiger partial charge in [-0.1, -0.05) is 66.7 Å². The number of fused-ring (bicyclic) bond motifs is 2. The molecule has 8 nitrogen and oxygen atoms in total. The summed E-state index contributed by atoms with van der Waals surface area (Å²) < 4.78 is 28.7. The monoisotopic (exact) mass is 537 g/mol. The summed E-state index contributed by atoms with van der Waals surface area (Å²) in [6, 6.07) is 27.5. The van der Waals surface area contributed by atoms with Crippen molar-refractivity contribution in [2.75, 3.05) is 16.3 Å². The van der Waals surface area contributed by atoms with E-state index in [2.05, 4.69) is 20.1 Å². The minimum Gasteiger partial charge on any atom is -0.347 e. The number of aromatic nitrogens is 2. The van der Waals surface area contributed by atoms with Gasteiger partial charge in [0.25, 0.3) is 10.0 Å². The van der Waals surface area contributed by atoms with Gasteiger partial charge in [0.2, 0.25) is 0 Å². The molecule has 5 aromatic rings. The van der Waals surface area contributed by atoms with Crippen LogP contribution >= 0.6 is 0 Å². The summed E-state index contributed by atoms with van der Waals surface area (Å²) in [6.07, 6.45) is 3.87. The molecule has 1 unspecified atom stereocenters. The summed E-state index contributed by atoms with van der Waals surface area (Å²) in [6.45, 7) is 0.882. The van der Waals surface area contributed by atoms with E-state index in [9.17, 15) is 13.2 Å². The number of hydrogen-bond acceptors (Lipinski definition) is 6. The van der Waals surface area contributed by atoms with E-state index in [-0.39, 0.29) is 16.6 Å². The molecule has 1 aliphatic rings. The van der Waals surface area contributed by atoms with E-state index < -0.39 is 10.0 Å². The van der Waals surface area contributed by atoms with E-state index in [0.29, 0.717) is 30.8 Å². The van der Waals surface area contributed by atoms with Crippen LogP contribution < -0.4 is 15.2 Å². The molecule has 0 saturated carbocycles. The van der Waals surface area contributed by atoms with Gasteiger partial charge < -0.3 is 9.99 Å². The summed E-state index contributed by atoms with van der Waals surface area (Å²) >= 11 is 0. The fourth-order valence-corrected chi connectivity index (χ4v) is 6.11. The lowest BCUT2D eigenvalue weighted by molar-refractivity contribution is 0.0921. The molecule has 3 N–H and O–H groups in total. The van der Waals surface area contributed by atoms with Gasteiger partial charge in [-0.2, -0.15) is 0 Å². The van der Waals surface area contributed by atoms with E-state index in [1.165, 1.54) is 0 Å². The van der Waals surface area contributed by atoms with Gasteiger partial charge in [-0.3, -0.25) is 9.52 Å². The number of carbonyl (C=O) groups is 1. The lowest BCUT2D eigenvalue weighted by Crippen LogP contribution is -2.40. The third kappa shape index (κ3) is 5.14. The summed E-state index contributed by atoms with van der Waals surface area (Å²) in [5.41, 5.74) is 7.20. The van der Waals surface area contributed by atoms with E-state index in [1.54, 1.807) is 48.9 Å². The van der Waals surface area contributed by atoms with Crippen LogP contribution in [0.5, 0.6) is 0 Å². The Kier molecular flexibility index (Phi) is 6.60. The Bertz CT molecular complexity index is 1730. The molecule has 0 aliphatic carbocycles. The number of benzene rings is 4. The Morgan fingerprint density at radius 2 is 1.77 bits per heavy atom. The van der Waals surface area contributed by atoms with Gasteiger partial charge in [-0.05, 0) is 47.0 Å². The summed E-state index contributed by atoms with van der Waals surface area (Å²) in [5.74, 6) is -0.240. The number of imidazole rings is 1. The lowest BCUT2D eigenvalue weighted by Gasteiger charge is -2.25. The highest BCUT2D eigenvalue weighted by atomic mass is 32.2. The third-order valence-electron chi connectivity index (χ3n) is 6.99. The summed E-state index contributed by atoms with van der Waals surface area (Å²) in [4.78, 5) is 21.3. The number of anilines is 2. The number of hydrazine groups is 1. The standard InChI is InChI=1S/C30H27N5O3S/c36-30(28-12-6-8-21-7-4-5-11-27(21)28)23-15-22-13-14-24(34-39(37,38)26-9-2-1-3-10-26)16-29(22)35(33-17-23)19-25-18-31-20-32-25/h1-14,16,18,20,23,33-34H,15,17,19H2,(H,31,32). The Balaban J connectivity index is 1.34. The van der Waals surface area contributed by atoms with Crippen molar-refractivity contribution in [3.8, 4) is 0 Å². The number of aromatic amines is 1. The van der Waals surface area contributed by atoms with Crippen LogP contribution in [0.1, 0.15) is 21.6 Å². The van der Waals surface area contributed by atoms with Crippen molar-refractivity contribution in [3.63, 3.8) is 0 Å². The van der Waals surface area contributed by atoms with Crippen LogP contribution in [-0.2, 0) is 23.0 Å². The van der Waals surface area contributed by atoms with Gasteiger partial charge in [0.15, 0.2) is 5.78 Å². The van der Waals surface area contributed by atoms with Crippen LogP contribution in [0.3, 0.4) is 0 Å². The zero-order valence-corrected chi connectivity index (χ0v) is 21.9. The van der Waals surface area contributed by atoms with E-state index in [1.807, 2.05) is 59.6 Å². The maximum atomic E-state index is 13.8. The van der Waals surface area contributed by atoms with Crippen LogP contribution in [0.25, 0.3) is 10.8 Å². The Labute approximate surface area is 226 Å². The SMILES string of the molecule is O=C(c1cccc2ccccc12)C1CNN(Cc2cnc[nH]2)c2cc(NS(=O)(=O)c3ccccc3)ccc2C1. The maximum Gasteiger partial charge on any atom is 0.261 e. The molecule has 0 amide bonds. The largest absolute Gasteiger partial charge is 0.347 e. The van der Waals surface area contributed by atoms with Crippen molar-refractivity contribution < 1.29 is 13.2 Å². The van der Waals surface area contributed by atoms with Gasteiger partial charge in [0, 0.05) is 24.2 Å². The Hall–Kier alpha value is -4.47. The first-order valence-electron chi connectivity index (χ1n) is 12.7. The molecule has 0 radical (unpaired) electrons. The van der Waals surface area contributed by atoms with Crippen LogP contribution in [0, 0.1) is 5.92 Å². The van der Waals surface area contributed by atoms with Gasteiger partial charge in [0.05, 0.1) is 34.8 Å². The first-order valence-corrected chi connectivity index (χ1v) is 14.2.